The molecular weight excluding hydrogens is 821 g/mol. The van der Waals surface area contributed by atoms with Crippen molar-refractivity contribution in [1.29, 1.82) is 0 Å². The number of thioether (sulfide) groups is 1. The summed E-state index contributed by atoms with van der Waals surface area (Å²) >= 11 is 6.98. The zero-order valence-corrected chi connectivity index (χ0v) is 35.3. The fourth-order valence-corrected chi connectivity index (χ4v) is 8.26. The number of aromatic nitrogens is 1. The molecule has 0 amide bonds. The van der Waals surface area contributed by atoms with Crippen LogP contribution in [0.2, 0.25) is 0 Å². The van der Waals surface area contributed by atoms with Crippen molar-refractivity contribution in [3.05, 3.63) is 94.7 Å². The van der Waals surface area contributed by atoms with Crippen LogP contribution < -0.4 is 5.32 Å². The van der Waals surface area contributed by atoms with Gasteiger partial charge in [-0.1, -0.05) is 67.7 Å². The Morgan fingerprint density at radius 3 is 1.97 bits per heavy atom. The highest BCUT2D eigenvalue weighted by Gasteiger charge is 2.52. The lowest BCUT2D eigenvalue weighted by molar-refractivity contribution is -0.268. The number of nitrogens with zero attached hydrogens (tertiary/aromatic N) is 1. The maximum atomic E-state index is 12.2. The fourth-order valence-electron chi connectivity index (χ4n) is 6.87. The third kappa shape index (κ3) is 12.5. The quantitative estimate of drug-likeness (QED) is 0.0764. The van der Waals surface area contributed by atoms with Crippen LogP contribution in [-0.4, -0.2) is 99.0 Å². The Hall–Kier alpha value is -4.98. The van der Waals surface area contributed by atoms with E-state index in [2.05, 4.69) is 10.3 Å². The summed E-state index contributed by atoms with van der Waals surface area (Å²) in [5.41, 5.74) is 3.35. The fraction of sp³-hybridized carbons (Fsp3) is 0.452. The van der Waals surface area contributed by atoms with Crippen molar-refractivity contribution in [2.24, 2.45) is 5.92 Å². The van der Waals surface area contributed by atoms with E-state index >= 15 is 0 Å². The summed E-state index contributed by atoms with van der Waals surface area (Å²) in [4.78, 5) is 64.6. The molecule has 3 N–H and O–H groups in total. The van der Waals surface area contributed by atoms with E-state index in [9.17, 15) is 34.2 Å². The lowest BCUT2D eigenvalue weighted by Crippen LogP contribution is -2.62. The monoisotopic (exact) mass is 868 g/mol. The van der Waals surface area contributed by atoms with E-state index in [-0.39, 0.29) is 49.9 Å². The van der Waals surface area contributed by atoms with E-state index in [0.29, 0.717) is 15.8 Å². The number of benzene rings is 2. The van der Waals surface area contributed by atoms with E-state index < -0.39 is 66.7 Å². The summed E-state index contributed by atoms with van der Waals surface area (Å²) < 4.78 is 41.0. The van der Waals surface area contributed by atoms with Crippen LogP contribution in [0, 0.1) is 5.92 Å². The number of hydrogen-bond donors (Lipinski definition) is 3. The summed E-state index contributed by atoms with van der Waals surface area (Å²) in [6.07, 6.45) is -5.88. The normalized spacial score (nSPS) is 25.0. The smallest absolute Gasteiger partial charge is 0.338 e. The van der Waals surface area contributed by atoms with Gasteiger partial charge in [0.05, 0.1) is 29.4 Å². The van der Waals surface area contributed by atoms with Crippen molar-refractivity contribution < 1.29 is 67.3 Å². The Bertz CT molecular complexity index is 2000. The SMILES string of the molecule is CC(=O)OC[C@H]1O[C@@H](CC(=S)NCc2ccc(C3O[C@H](CSc4ncccc4C(=O)O)[C@H](C)[C@H](c4ccc(CO)cc4)O3)cc2)[C@H](OC(C)=O)[C@@H](OC(C)=O)[C@@H]1OC(C)=O. The van der Waals surface area contributed by atoms with Crippen LogP contribution >= 0.6 is 24.0 Å². The van der Waals surface area contributed by atoms with Gasteiger partial charge in [0.1, 0.15) is 23.8 Å². The predicted octanol–water partition coefficient (Wildman–Crippen LogP) is 4.79. The molecule has 2 aromatic carbocycles. The molecule has 0 saturated carbocycles. The second-order valence-corrected chi connectivity index (χ2v) is 15.8. The molecule has 3 aromatic rings. The average molecular weight is 869 g/mol. The molecule has 5 rings (SSSR count). The molecule has 2 saturated heterocycles. The van der Waals surface area contributed by atoms with Gasteiger partial charge in [-0.3, -0.25) is 19.2 Å². The molecule has 3 heterocycles. The molecule has 0 aliphatic carbocycles. The second kappa shape index (κ2) is 21.5. The first-order valence-electron chi connectivity index (χ1n) is 19.1. The second-order valence-electron chi connectivity index (χ2n) is 14.3. The average Bonchev–Trinajstić information content (AvgIpc) is 3.21. The van der Waals surface area contributed by atoms with Gasteiger partial charge in [-0.25, -0.2) is 9.78 Å². The maximum Gasteiger partial charge on any atom is 0.338 e. The molecule has 0 bridgehead atoms. The zero-order chi connectivity index (χ0) is 43.5. The number of carboxylic acid groups (broad SMARTS) is 1. The van der Waals surface area contributed by atoms with E-state index in [0.717, 1.165) is 36.1 Å². The van der Waals surface area contributed by atoms with Gasteiger partial charge < -0.3 is 48.7 Å². The number of ether oxygens (including phenoxy) is 7. The number of carboxylic acids is 1. The first kappa shape index (κ1) is 46.1. The largest absolute Gasteiger partial charge is 0.478 e. The van der Waals surface area contributed by atoms with Crippen LogP contribution in [0.15, 0.2) is 71.9 Å². The molecule has 322 valence electrons. The number of carbonyl (C=O) groups is 5. The molecule has 16 nitrogen and oxygen atoms in total. The van der Waals surface area contributed by atoms with E-state index in [1.807, 2.05) is 55.5 Å². The Labute approximate surface area is 356 Å². The number of esters is 4. The lowest BCUT2D eigenvalue weighted by Gasteiger charge is -2.44. The van der Waals surface area contributed by atoms with Crippen molar-refractivity contribution in [3.63, 3.8) is 0 Å². The molecule has 0 spiro atoms. The van der Waals surface area contributed by atoms with E-state index in [1.165, 1.54) is 31.7 Å². The minimum absolute atomic E-state index is 0.0129. The molecule has 1 aromatic heterocycles. The summed E-state index contributed by atoms with van der Waals surface area (Å²) in [5.74, 6) is -3.59. The molecule has 0 radical (unpaired) electrons. The van der Waals surface area contributed by atoms with Gasteiger partial charge >= 0.3 is 29.8 Å². The van der Waals surface area contributed by atoms with E-state index in [1.54, 1.807) is 12.3 Å². The Balaban J connectivity index is 1.29. The Morgan fingerprint density at radius 2 is 1.37 bits per heavy atom. The third-order valence-corrected chi connectivity index (χ3v) is 11.1. The Kier molecular flexibility index (Phi) is 16.5. The summed E-state index contributed by atoms with van der Waals surface area (Å²) in [6, 6.07) is 18.1. The molecule has 2 fully saturated rings. The van der Waals surface area contributed by atoms with Gasteiger partial charge in [-0.15, -0.1) is 11.8 Å². The van der Waals surface area contributed by atoms with Crippen LogP contribution in [0.3, 0.4) is 0 Å². The van der Waals surface area contributed by atoms with Crippen LogP contribution in [0.1, 0.15) is 86.0 Å². The highest BCUT2D eigenvalue weighted by Crippen LogP contribution is 2.43. The van der Waals surface area contributed by atoms with Crippen molar-refractivity contribution >= 4 is 58.8 Å². The number of pyridine rings is 1. The summed E-state index contributed by atoms with van der Waals surface area (Å²) in [7, 11) is 0. The number of nitrogens with one attached hydrogen (secondary N) is 1. The standard InChI is InChI=1S/C42H48N2O14S2/c1-22-34(21-60-40-31(41(50)51)7-6-16-43-40)57-42(58-36(22)29-12-10-28(19-45)11-13-29)30-14-8-27(9-15-30)18-44-35(59)17-32-37(53-24(3)47)39(55-26(5)49)38(54-25(4)48)33(56-32)20-52-23(2)46/h6-16,22,32-34,36-39,42,45H,17-21H2,1-5H3,(H,44,59)(H,50,51)/t22-,32-,33+,34+,36+,37-,38+,39+,42?/m0/s1. The summed E-state index contributed by atoms with van der Waals surface area (Å²) in [6.45, 7) is 6.53. The van der Waals surface area contributed by atoms with Crippen LogP contribution in [0.5, 0.6) is 0 Å². The van der Waals surface area contributed by atoms with Crippen molar-refractivity contribution in [2.75, 3.05) is 12.4 Å². The summed E-state index contributed by atoms with van der Waals surface area (Å²) in [5, 5.41) is 22.9. The predicted molar refractivity (Wildman–Crippen MR) is 217 cm³/mol. The molecule has 18 heteroatoms. The van der Waals surface area contributed by atoms with Crippen LogP contribution in [-0.2, 0) is 65.5 Å². The molecule has 1 unspecified atom stereocenters. The van der Waals surface area contributed by atoms with Gasteiger partial charge in [0.2, 0.25) is 0 Å². The minimum atomic E-state index is -1.30. The number of thiocarbonyl (C=S) groups is 1. The number of carbonyl (C=O) groups excluding carboxylic acids is 4. The molecule has 2 aliphatic heterocycles. The number of hydrogen-bond acceptors (Lipinski definition) is 16. The van der Waals surface area contributed by atoms with Crippen LogP contribution in [0.25, 0.3) is 0 Å². The number of aliphatic hydroxyl groups is 1. The molecular formula is C42H48N2O14S2. The number of aromatic carboxylic acids is 1. The van der Waals surface area contributed by atoms with E-state index in [4.69, 9.17) is 45.4 Å². The highest BCUT2D eigenvalue weighted by molar-refractivity contribution is 7.99. The van der Waals surface area contributed by atoms with Gasteiger partial charge in [-0.2, -0.15) is 0 Å². The Morgan fingerprint density at radius 1 is 0.767 bits per heavy atom. The zero-order valence-electron chi connectivity index (χ0n) is 33.6. The first-order chi connectivity index (χ1) is 28.6. The molecule has 60 heavy (non-hydrogen) atoms. The lowest BCUT2D eigenvalue weighted by atomic mass is 9.91. The van der Waals surface area contributed by atoms with Crippen molar-refractivity contribution in [1.82, 2.24) is 10.3 Å². The highest BCUT2D eigenvalue weighted by atomic mass is 32.2. The maximum absolute atomic E-state index is 12.2. The van der Waals surface area contributed by atoms with Gasteiger partial charge in [0.25, 0.3) is 0 Å². The topological polar surface area (TPSA) is 215 Å². The third-order valence-electron chi connectivity index (χ3n) is 9.72. The minimum Gasteiger partial charge on any atom is -0.478 e. The first-order valence-corrected chi connectivity index (χ1v) is 20.5. The van der Waals surface area contributed by atoms with Gasteiger partial charge in [-0.05, 0) is 28.8 Å². The number of aliphatic hydroxyl groups excluding tert-OH is 1. The van der Waals surface area contributed by atoms with Gasteiger partial charge in [0.15, 0.2) is 24.6 Å². The van der Waals surface area contributed by atoms with Crippen molar-refractivity contribution in [2.45, 2.75) is 108 Å². The van der Waals surface area contributed by atoms with Crippen LogP contribution in [0.4, 0.5) is 0 Å². The molecule has 9 atom stereocenters. The van der Waals surface area contributed by atoms with Gasteiger partial charge in [0, 0.05) is 64.1 Å². The molecule has 2 aliphatic rings. The van der Waals surface area contributed by atoms with Crippen molar-refractivity contribution in [3.8, 4) is 0 Å². The number of rotatable bonds is 16.